The van der Waals surface area contributed by atoms with Crippen LogP contribution in [0.4, 0.5) is 4.39 Å². The van der Waals surface area contributed by atoms with Gasteiger partial charge in [0.15, 0.2) is 21.4 Å². The van der Waals surface area contributed by atoms with Crippen molar-refractivity contribution in [3.63, 3.8) is 0 Å². The van der Waals surface area contributed by atoms with Crippen molar-refractivity contribution in [3.8, 4) is 5.75 Å². The summed E-state index contributed by atoms with van der Waals surface area (Å²) in [6.07, 6.45) is 6.01. The summed E-state index contributed by atoms with van der Waals surface area (Å²) in [5.41, 5.74) is 0.907. The van der Waals surface area contributed by atoms with Crippen LogP contribution in [0, 0.1) is 17.7 Å². The zero-order chi connectivity index (χ0) is 17.2. The van der Waals surface area contributed by atoms with Crippen LogP contribution in [0.5, 0.6) is 5.75 Å². The Labute approximate surface area is 144 Å². The van der Waals surface area contributed by atoms with Gasteiger partial charge in [0, 0.05) is 5.92 Å². The fourth-order valence-electron chi connectivity index (χ4n) is 3.08. The zero-order valence-corrected chi connectivity index (χ0v) is 15.2. The van der Waals surface area contributed by atoms with Gasteiger partial charge in [0.25, 0.3) is 0 Å². The molecule has 2 aliphatic carbocycles. The Morgan fingerprint density at radius 1 is 1.25 bits per heavy atom. The summed E-state index contributed by atoms with van der Waals surface area (Å²) in [5, 5.41) is 0. The summed E-state index contributed by atoms with van der Waals surface area (Å²) in [4.78, 5) is 0. The van der Waals surface area contributed by atoms with Gasteiger partial charge in [-0.2, -0.15) is 0 Å². The van der Waals surface area contributed by atoms with Gasteiger partial charge in [-0.3, -0.25) is 0 Å². The molecule has 1 atom stereocenters. The molecule has 0 aliphatic heterocycles. The molecule has 0 unspecified atom stereocenters. The quantitative estimate of drug-likeness (QED) is 0.628. The summed E-state index contributed by atoms with van der Waals surface area (Å²) >= 11 is 0. The van der Waals surface area contributed by atoms with Crippen molar-refractivity contribution in [3.05, 3.63) is 29.6 Å². The largest absolute Gasteiger partial charge is 0.490 e. The number of sulfone groups is 1. The summed E-state index contributed by atoms with van der Waals surface area (Å²) in [6.45, 7) is 2.56. The average Bonchev–Trinajstić information content (AvgIpc) is 3.44. The van der Waals surface area contributed by atoms with Gasteiger partial charge in [0.1, 0.15) is 0 Å². The molecule has 2 saturated carbocycles. The van der Waals surface area contributed by atoms with Crippen molar-refractivity contribution in [2.24, 2.45) is 11.8 Å². The predicted molar refractivity (Wildman–Crippen MR) is 93.6 cm³/mol. The maximum Gasteiger partial charge on any atom is 0.165 e. The van der Waals surface area contributed by atoms with Gasteiger partial charge < -0.3 is 4.74 Å². The van der Waals surface area contributed by atoms with Gasteiger partial charge >= 0.3 is 0 Å². The molecule has 1 aromatic rings. The van der Waals surface area contributed by atoms with Crippen molar-refractivity contribution < 1.29 is 17.5 Å². The Morgan fingerprint density at radius 3 is 2.62 bits per heavy atom. The highest BCUT2D eigenvalue weighted by atomic mass is 32.2. The maximum absolute atomic E-state index is 14.0. The normalized spacial score (nSPS) is 19.2. The molecule has 3 nitrogen and oxygen atoms in total. The number of ether oxygens (including phenoxy) is 1. The lowest BCUT2D eigenvalue weighted by Crippen LogP contribution is -2.19. The fraction of sp³-hybridized carbons (Fsp3) is 0.684. The van der Waals surface area contributed by atoms with Crippen LogP contribution in [-0.2, 0) is 9.84 Å². The van der Waals surface area contributed by atoms with Gasteiger partial charge in [-0.15, -0.1) is 0 Å². The van der Waals surface area contributed by atoms with E-state index in [0.717, 1.165) is 37.7 Å². The van der Waals surface area contributed by atoms with Crippen LogP contribution in [0.2, 0.25) is 0 Å². The van der Waals surface area contributed by atoms with Crippen molar-refractivity contribution in [2.45, 2.75) is 51.4 Å². The monoisotopic (exact) mass is 354 g/mol. The first-order valence-corrected chi connectivity index (χ1v) is 10.9. The van der Waals surface area contributed by atoms with E-state index in [0.29, 0.717) is 24.9 Å². The Kier molecular flexibility index (Phi) is 5.48. The molecule has 0 aromatic heterocycles. The summed E-state index contributed by atoms with van der Waals surface area (Å²) in [5.74, 6) is 1.27. The van der Waals surface area contributed by atoms with E-state index in [1.807, 2.05) is 6.92 Å². The third-order valence-electron chi connectivity index (χ3n) is 4.99. The molecule has 0 bridgehead atoms. The van der Waals surface area contributed by atoms with Gasteiger partial charge in [-0.05, 0) is 61.6 Å². The first-order valence-electron chi connectivity index (χ1n) is 9.11. The van der Waals surface area contributed by atoms with E-state index in [1.54, 1.807) is 12.1 Å². The molecule has 2 aliphatic rings. The minimum absolute atomic E-state index is 0.0317. The topological polar surface area (TPSA) is 43.4 Å². The van der Waals surface area contributed by atoms with Crippen LogP contribution in [-0.4, -0.2) is 26.5 Å². The average molecular weight is 354 g/mol. The molecule has 0 spiro atoms. The zero-order valence-electron chi connectivity index (χ0n) is 14.3. The molecule has 5 heteroatoms. The molecule has 24 heavy (non-hydrogen) atoms. The minimum Gasteiger partial charge on any atom is -0.490 e. The molecule has 134 valence electrons. The molecule has 0 radical (unpaired) electrons. The molecule has 3 rings (SSSR count). The number of hydrogen-bond donors (Lipinski definition) is 0. The standard InChI is InChI=1S/C19H27FO3S/c1-2-3-10-24(21,22)13-17(15-6-7-15)16-8-9-18(20)19(11-16)23-12-14-4-5-14/h8-9,11,14-15,17H,2-7,10,12-13H2,1H3/t17-/m1/s1. The molecule has 1 aromatic carbocycles. The second-order valence-electron chi connectivity index (χ2n) is 7.36. The third kappa shape index (κ3) is 4.95. The number of hydrogen-bond acceptors (Lipinski definition) is 3. The molecule has 0 amide bonds. The summed E-state index contributed by atoms with van der Waals surface area (Å²) in [7, 11) is -3.07. The van der Waals surface area contributed by atoms with Gasteiger partial charge in [-0.25, -0.2) is 12.8 Å². The van der Waals surface area contributed by atoms with Gasteiger partial charge in [-0.1, -0.05) is 19.4 Å². The van der Waals surface area contributed by atoms with Crippen molar-refractivity contribution in [1.29, 1.82) is 0 Å². The SMILES string of the molecule is CCCCS(=O)(=O)C[C@@H](c1ccc(F)c(OCC2CC2)c1)C1CC1. The number of unbranched alkanes of at least 4 members (excludes halogenated alkanes) is 1. The first-order chi connectivity index (χ1) is 11.5. The lowest BCUT2D eigenvalue weighted by atomic mass is 9.96. The fourth-order valence-corrected chi connectivity index (χ4v) is 4.98. The van der Waals surface area contributed by atoms with Crippen LogP contribution in [0.3, 0.4) is 0 Å². The molecule has 0 N–H and O–H groups in total. The van der Waals surface area contributed by atoms with Crippen LogP contribution >= 0.6 is 0 Å². The van der Waals surface area contributed by atoms with E-state index in [-0.39, 0.29) is 29.0 Å². The Bertz CT molecular complexity index is 663. The van der Waals surface area contributed by atoms with E-state index in [9.17, 15) is 12.8 Å². The smallest absolute Gasteiger partial charge is 0.165 e. The Balaban J connectivity index is 1.74. The highest BCUT2D eigenvalue weighted by Gasteiger charge is 2.35. The van der Waals surface area contributed by atoms with E-state index in [4.69, 9.17) is 4.74 Å². The summed E-state index contributed by atoms with van der Waals surface area (Å²) < 4.78 is 44.4. The third-order valence-corrected chi connectivity index (χ3v) is 6.77. The number of rotatable bonds is 10. The van der Waals surface area contributed by atoms with Crippen LogP contribution in [0.25, 0.3) is 0 Å². The first kappa shape index (κ1) is 17.7. The van der Waals surface area contributed by atoms with E-state index >= 15 is 0 Å². The highest BCUT2D eigenvalue weighted by molar-refractivity contribution is 7.91. The number of halogens is 1. The van der Waals surface area contributed by atoms with Crippen molar-refractivity contribution >= 4 is 9.84 Å². The van der Waals surface area contributed by atoms with Gasteiger partial charge in [0.05, 0.1) is 18.1 Å². The van der Waals surface area contributed by atoms with E-state index < -0.39 is 9.84 Å². The lowest BCUT2D eigenvalue weighted by Gasteiger charge is -2.18. The Hall–Kier alpha value is -1.10. The minimum atomic E-state index is -3.07. The summed E-state index contributed by atoms with van der Waals surface area (Å²) in [6, 6.07) is 4.89. The van der Waals surface area contributed by atoms with Crippen molar-refractivity contribution in [1.82, 2.24) is 0 Å². The molecule has 0 saturated heterocycles. The van der Waals surface area contributed by atoms with Crippen molar-refractivity contribution in [2.75, 3.05) is 18.1 Å². The molecule has 2 fully saturated rings. The molecular weight excluding hydrogens is 327 g/mol. The van der Waals surface area contributed by atoms with E-state index in [1.165, 1.54) is 6.07 Å². The van der Waals surface area contributed by atoms with Crippen LogP contribution in [0.15, 0.2) is 18.2 Å². The second-order valence-corrected chi connectivity index (χ2v) is 9.58. The van der Waals surface area contributed by atoms with E-state index in [2.05, 4.69) is 0 Å². The number of benzene rings is 1. The maximum atomic E-state index is 14.0. The highest BCUT2D eigenvalue weighted by Crippen LogP contribution is 2.44. The van der Waals surface area contributed by atoms with Crippen LogP contribution < -0.4 is 4.74 Å². The lowest BCUT2D eigenvalue weighted by molar-refractivity contribution is 0.285. The van der Waals surface area contributed by atoms with Gasteiger partial charge in [0.2, 0.25) is 0 Å². The second kappa shape index (κ2) is 7.42. The Morgan fingerprint density at radius 2 is 2.00 bits per heavy atom. The van der Waals surface area contributed by atoms with Crippen LogP contribution in [0.1, 0.15) is 56.9 Å². The molecular formula is C19H27FO3S. The molecule has 0 heterocycles. The predicted octanol–water partition coefficient (Wildman–Crippen LogP) is 4.32.